The normalized spacial score (nSPS) is 10.6. The van der Waals surface area contributed by atoms with Crippen molar-refractivity contribution >= 4 is 22.9 Å². The third-order valence-corrected chi connectivity index (χ3v) is 3.74. The van der Waals surface area contributed by atoms with Crippen molar-refractivity contribution in [2.24, 2.45) is 0 Å². The lowest BCUT2D eigenvalue weighted by atomic mass is 10.3. The molecule has 134 valence electrons. The highest BCUT2D eigenvalue weighted by atomic mass is 16.2. The van der Waals surface area contributed by atoms with Crippen LogP contribution in [0.1, 0.15) is 6.42 Å². The summed E-state index contributed by atoms with van der Waals surface area (Å²) >= 11 is 0. The molecule has 9 heteroatoms. The van der Waals surface area contributed by atoms with E-state index in [9.17, 15) is 14.4 Å². The molecule has 0 bridgehead atoms. The van der Waals surface area contributed by atoms with E-state index < -0.39 is 11.1 Å². The fraction of sp³-hybridized carbons (Fsp3) is 0.235. The van der Waals surface area contributed by atoms with Crippen LogP contribution in [-0.4, -0.2) is 38.5 Å². The van der Waals surface area contributed by atoms with Gasteiger partial charge in [-0.3, -0.25) is 14.4 Å². The second kappa shape index (κ2) is 8.06. The van der Waals surface area contributed by atoms with Gasteiger partial charge in [0, 0.05) is 38.4 Å². The number of carbonyl (C=O) groups is 1. The fourth-order valence-corrected chi connectivity index (χ4v) is 2.52. The van der Waals surface area contributed by atoms with E-state index in [0.29, 0.717) is 23.5 Å². The molecule has 0 radical (unpaired) electrons. The molecule has 2 heterocycles. The van der Waals surface area contributed by atoms with Crippen LogP contribution in [0.4, 0.5) is 5.95 Å². The van der Waals surface area contributed by atoms with E-state index in [-0.39, 0.29) is 25.4 Å². The zero-order valence-corrected chi connectivity index (χ0v) is 13.9. The summed E-state index contributed by atoms with van der Waals surface area (Å²) in [4.78, 5) is 46.2. The Morgan fingerprint density at radius 2 is 1.85 bits per heavy atom. The molecule has 3 aromatic rings. The lowest BCUT2D eigenvalue weighted by Gasteiger charge is -2.10. The number of aromatic nitrogens is 4. The minimum Gasteiger partial charge on any atom is -0.354 e. The van der Waals surface area contributed by atoms with Crippen LogP contribution in [-0.2, 0) is 11.3 Å². The van der Waals surface area contributed by atoms with Gasteiger partial charge in [-0.15, -0.1) is 0 Å². The number of para-hydroxylation sites is 2. The Bertz CT molecular complexity index is 1010. The average molecular weight is 354 g/mol. The Labute approximate surface area is 148 Å². The van der Waals surface area contributed by atoms with E-state index in [1.807, 2.05) is 0 Å². The van der Waals surface area contributed by atoms with Crippen LogP contribution in [0.2, 0.25) is 0 Å². The molecule has 0 fully saturated rings. The largest absolute Gasteiger partial charge is 0.354 e. The second-order valence-corrected chi connectivity index (χ2v) is 5.53. The van der Waals surface area contributed by atoms with Crippen molar-refractivity contribution in [2.45, 2.75) is 13.0 Å². The van der Waals surface area contributed by atoms with Gasteiger partial charge in [0.05, 0.1) is 11.0 Å². The third kappa shape index (κ3) is 4.12. The number of nitrogens with zero attached hydrogens (tertiary/aromatic N) is 3. The van der Waals surface area contributed by atoms with Crippen molar-refractivity contribution in [1.29, 1.82) is 0 Å². The first kappa shape index (κ1) is 17.3. The Hall–Kier alpha value is -3.49. The molecular formula is C17H18N6O3. The van der Waals surface area contributed by atoms with E-state index in [1.165, 1.54) is 4.57 Å². The standard InChI is InChI=1S/C17H18N6O3/c24-14(6-9-21-17-19-7-3-8-20-17)18-10-11-23-13-5-2-1-4-12(13)22-15(25)16(23)26/h1-5,7-8H,6,9-11H2,(H,18,24)(H,22,25)(H,19,20,21). The molecule has 0 spiro atoms. The van der Waals surface area contributed by atoms with Gasteiger partial charge in [-0.1, -0.05) is 12.1 Å². The van der Waals surface area contributed by atoms with Crippen molar-refractivity contribution in [3.05, 3.63) is 63.4 Å². The first-order chi connectivity index (χ1) is 12.6. The molecule has 0 unspecified atom stereocenters. The van der Waals surface area contributed by atoms with Gasteiger partial charge in [0.1, 0.15) is 0 Å². The first-order valence-electron chi connectivity index (χ1n) is 8.14. The summed E-state index contributed by atoms with van der Waals surface area (Å²) in [6.07, 6.45) is 3.46. The van der Waals surface area contributed by atoms with Crippen LogP contribution >= 0.6 is 0 Å². The molecule has 9 nitrogen and oxygen atoms in total. The van der Waals surface area contributed by atoms with Crippen LogP contribution in [0.5, 0.6) is 0 Å². The van der Waals surface area contributed by atoms with Gasteiger partial charge in [0.15, 0.2) is 0 Å². The first-order valence-corrected chi connectivity index (χ1v) is 8.14. The third-order valence-electron chi connectivity index (χ3n) is 3.74. The summed E-state index contributed by atoms with van der Waals surface area (Å²) in [6.45, 7) is 0.849. The molecule has 0 atom stereocenters. The second-order valence-electron chi connectivity index (χ2n) is 5.53. The number of hydrogen-bond donors (Lipinski definition) is 3. The van der Waals surface area contributed by atoms with Crippen LogP contribution < -0.4 is 21.8 Å². The molecule has 0 aliphatic carbocycles. The zero-order chi connectivity index (χ0) is 18.4. The quantitative estimate of drug-likeness (QED) is 0.517. The van der Waals surface area contributed by atoms with Crippen molar-refractivity contribution < 1.29 is 4.79 Å². The Balaban J connectivity index is 1.54. The van der Waals surface area contributed by atoms with Gasteiger partial charge >= 0.3 is 11.1 Å². The molecule has 3 N–H and O–H groups in total. The molecule has 0 aliphatic rings. The predicted octanol–water partition coefficient (Wildman–Crippen LogP) is 0.0982. The van der Waals surface area contributed by atoms with Gasteiger partial charge < -0.3 is 20.2 Å². The molecule has 1 aromatic carbocycles. The summed E-state index contributed by atoms with van der Waals surface area (Å²) in [5.74, 6) is 0.289. The fourth-order valence-electron chi connectivity index (χ4n) is 2.52. The lowest BCUT2D eigenvalue weighted by Crippen LogP contribution is -2.39. The molecule has 3 rings (SSSR count). The van der Waals surface area contributed by atoms with E-state index in [4.69, 9.17) is 0 Å². The van der Waals surface area contributed by atoms with Crippen LogP contribution in [0.3, 0.4) is 0 Å². The summed E-state index contributed by atoms with van der Waals surface area (Å²) < 4.78 is 1.37. The minimum absolute atomic E-state index is 0.171. The van der Waals surface area contributed by atoms with Crippen LogP contribution in [0.25, 0.3) is 11.0 Å². The molecule has 0 aliphatic heterocycles. The van der Waals surface area contributed by atoms with E-state index in [0.717, 1.165) is 0 Å². The molecule has 2 aromatic heterocycles. The summed E-state index contributed by atoms with van der Waals surface area (Å²) in [7, 11) is 0. The molecule has 26 heavy (non-hydrogen) atoms. The predicted molar refractivity (Wildman–Crippen MR) is 97.0 cm³/mol. The number of carbonyl (C=O) groups excluding carboxylic acids is 1. The molecule has 1 amide bonds. The topological polar surface area (TPSA) is 122 Å². The summed E-state index contributed by atoms with van der Waals surface area (Å²) in [5.41, 5.74) is -0.118. The molecular weight excluding hydrogens is 336 g/mol. The highest BCUT2D eigenvalue weighted by Crippen LogP contribution is 2.06. The number of nitrogens with one attached hydrogen (secondary N) is 3. The Kier molecular flexibility index (Phi) is 5.37. The van der Waals surface area contributed by atoms with Gasteiger partial charge in [0.2, 0.25) is 11.9 Å². The zero-order valence-electron chi connectivity index (χ0n) is 13.9. The van der Waals surface area contributed by atoms with Gasteiger partial charge in [-0.05, 0) is 18.2 Å². The maximum Gasteiger partial charge on any atom is 0.316 e. The number of hydrogen-bond acceptors (Lipinski definition) is 6. The number of benzene rings is 1. The maximum atomic E-state index is 12.1. The number of amides is 1. The minimum atomic E-state index is -0.679. The summed E-state index contributed by atoms with van der Waals surface area (Å²) in [6, 6.07) is 8.74. The lowest BCUT2D eigenvalue weighted by molar-refractivity contribution is -0.120. The monoisotopic (exact) mass is 354 g/mol. The van der Waals surface area contributed by atoms with Crippen molar-refractivity contribution in [1.82, 2.24) is 24.8 Å². The summed E-state index contributed by atoms with van der Waals surface area (Å²) in [5, 5.41) is 5.68. The number of rotatable bonds is 7. The Morgan fingerprint density at radius 1 is 1.08 bits per heavy atom. The number of anilines is 1. The van der Waals surface area contributed by atoms with Crippen LogP contribution in [0, 0.1) is 0 Å². The van der Waals surface area contributed by atoms with Gasteiger partial charge in [-0.2, -0.15) is 0 Å². The maximum absolute atomic E-state index is 12.1. The Morgan fingerprint density at radius 3 is 2.65 bits per heavy atom. The highest BCUT2D eigenvalue weighted by Gasteiger charge is 2.08. The van der Waals surface area contributed by atoms with Crippen LogP contribution in [0.15, 0.2) is 52.3 Å². The average Bonchev–Trinajstić information content (AvgIpc) is 2.66. The van der Waals surface area contributed by atoms with Crippen molar-refractivity contribution in [2.75, 3.05) is 18.4 Å². The SMILES string of the molecule is O=C(CCNc1ncccn1)NCCn1c(=O)c(=O)[nH]c2ccccc21. The van der Waals surface area contributed by atoms with Crippen molar-refractivity contribution in [3.63, 3.8) is 0 Å². The number of fused-ring (bicyclic) bond motifs is 1. The molecule has 0 saturated heterocycles. The van der Waals surface area contributed by atoms with E-state index >= 15 is 0 Å². The number of H-pyrrole nitrogens is 1. The van der Waals surface area contributed by atoms with Gasteiger partial charge in [-0.25, -0.2) is 9.97 Å². The number of aromatic amines is 1. The van der Waals surface area contributed by atoms with E-state index in [2.05, 4.69) is 25.6 Å². The van der Waals surface area contributed by atoms with Gasteiger partial charge in [0.25, 0.3) is 0 Å². The molecule has 0 saturated carbocycles. The van der Waals surface area contributed by atoms with Crippen molar-refractivity contribution in [3.8, 4) is 0 Å². The highest BCUT2D eigenvalue weighted by molar-refractivity contribution is 5.76. The smallest absolute Gasteiger partial charge is 0.316 e. The van der Waals surface area contributed by atoms with E-state index in [1.54, 1.807) is 42.7 Å².